The van der Waals surface area contributed by atoms with Gasteiger partial charge in [0.1, 0.15) is 11.5 Å². The van der Waals surface area contributed by atoms with Gasteiger partial charge in [0.05, 0.1) is 15.6 Å². The van der Waals surface area contributed by atoms with E-state index in [1.54, 1.807) is 18.2 Å². The summed E-state index contributed by atoms with van der Waals surface area (Å²) in [5.74, 6) is 0.138. The monoisotopic (exact) mass is 470 g/mol. The molecule has 4 aromatic rings. The van der Waals surface area contributed by atoms with E-state index in [9.17, 15) is 13.2 Å². The second-order valence-electron chi connectivity index (χ2n) is 6.44. The molecule has 31 heavy (non-hydrogen) atoms. The number of halogens is 5. The van der Waals surface area contributed by atoms with E-state index in [1.165, 1.54) is 6.20 Å². The zero-order valence-electron chi connectivity index (χ0n) is 15.2. The second kappa shape index (κ2) is 7.75. The van der Waals surface area contributed by atoms with E-state index >= 15 is 0 Å². The number of alkyl halides is 3. The number of aromatic nitrogens is 4. The van der Waals surface area contributed by atoms with Gasteiger partial charge in [-0.25, -0.2) is 4.98 Å². The third-order valence-electron chi connectivity index (χ3n) is 4.27. The molecule has 0 bridgehead atoms. The van der Waals surface area contributed by atoms with Crippen molar-refractivity contribution in [1.29, 1.82) is 0 Å². The highest BCUT2D eigenvalue weighted by Gasteiger charge is 2.32. The third-order valence-corrected chi connectivity index (χ3v) is 4.86. The highest BCUT2D eigenvalue weighted by molar-refractivity contribution is 6.33. The molecule has 0 saturated carbocycles. The Morgan fingerprint density at radius 1 is 1.16 bits per heavy atom. The topological polar surface area (TPSA) is 115 Å². The van der Waals surface area contributed by atoms with Crippen LogP contribution in [0.4, 0.5) is 13.2 Å². The smallest absolute Gasteiger partial charge is 0.409 e. The number of hydrogen-bond donors (Lipinski definition) is 2. The molecule has 3 aromatic heterocycles. The van der Waals surface area contributed by atoms with Crippen LogP contribution in [0.25, 0.3) is 28.6 Å². The van der Waals surface area contributed by atoms with Crippen LogP contribution in [-0.2, 0) is 12.6 Å². The average molecular weight is 471 g/mol. The van der Waals surface area contributed by atoms with E-state index in [2.05, 4.69) is 20.3 Å². The molecule has 3 heterocycles. The van der Waals surface area contributed by atoms with Gasteiger partial charge in [-0.1, -0.05) is 39.6 Å². The van der Waals surface area contributed by atoms with Gasteiger partial charge < -0.3 is 19.9 Å². The second-order valence-corrected chi connectivity index (χ2v) is 7.25. The minimum absolute atomic E-state index is 0.0184. The fraction of sp³-hybridized carbons (Fsp3) is 0.111. The fourth-order valence-electron chi connectivity index (χ4n) is 2.85. The molecule has 0 atom stereocenters. The van der Waals surface area contributed by atoms with Crippen molar-refractivity contribution < 1.29 is 22.9 Å². The van der Waals surface area contributed by atoms with Crippen LogP contribution in [0.3, 0.4) is 0 Å². The van der Waals surface area contributed by atoms with Gasteiger partial charge in [0.2, 0.25) is 5.82 Å². The summed E-state index contributed by atoms with van der Waals surface area (Å²) in [5, 5.41) is 15.5. The summed E-state index contributed by atoms with van der Waals surface area (Å²) in [6.45, 7) is 0. The SMILES string of the molecule is NC(Cc1ccc(-c2noc(-c3cn4cc(C(F)(F)F)cc(Cl)c4n3)n2)c(Cl)c1)=NO. The number of oxime groups is 1. The molecule has 4 rings (SSSR count). The van der Waals surface area contributed by atoms with Gasteiger partial charge in [-0.15, -0.1) is 0 Å². The first-order valence-electron chi connectivity index (χ1n) is 8.50. The average Bonchev–Trinajstić information content (AvgIpc) is 3.34. The van der Waals surface area contributed by atoms with Gasteiger partial charge in [-0.05, 0) is 23.8 Å². The maximum atomic E-state index is 13.0. The van der Waals surface area contributed by atoms with Gasteiger partial charge in [-0.3, -0.25) is 0 Å². The Balaban J connectivity index is 1.68. The lowest BCUT2D eigenvalue weighted by Gasteiger charge is -2.07. The molecule has 0 radical (unpaired) electrons. The molecule has 0 unspecified atom stereocenters. The summed E-state index contributed by atoms with van der Waals surface area (Å²) in [7, 11) is 0. The third kappa shape index (κ3) is 4.14. The Labute approximate surface area is 181 Å². The summed E-state index contributed by atoms with van der Waals surface area (Å²) in [6, 6.07) is 5.72. The van der Waals surface area contributed by atoms with Crippen molar-refractivity contribution >= 4 is 34.7 Å². The molecule has 8 nitrogen and oxygen atoms in total. The Hall–Kier alpha value is -3.31. The first kappa shape index (κ1) is 20.9. The first-order valence-corrected chi connectivity index (χ1v) is 9.26. The molecule has 0 aliphatic heterocycles. The molecule has 13 heteroatoms. The van der Waals surface area contributed by atoms with Crippen molar-refractivity contribution in [3.63, 3.8) is 0 Å². The minimum Gasteiger partial charge on any atom is -0.409 e. The fourth-order valence-corrected chi connectivity index (χ4v) is 3.39. The van der Waals surface area contributed by atoms with Gasteiger partial charge in [-0.2, -0.15) is 18.2 Å². The summed E-state index contributed by atoms with van der Waals surface area (Å²) < 4.78 is 45.3. The number of amidine groups is 1. The largest absolute Gasteiger partial charge is 0.417 e. The molecule has 0 amide bonds. The standard InChI is InChI=1S/C18H11Cl2F3N6O2/c19-11-3-8(4-14(24)27-30)1-2-10(11)15-26-17(31-28-15)13-7-29-6-9(18(21,22)23)5-12(20)16(29)25-13/h1-3,5-7,30H,4H2,(H2,24,27). The van der Waals surface area contributed by atoms with Crippen LogP contribution in [0.1, 0.15) is 11.1 Å². The number of rotatable bonds is 4. The maximum Gasteiger partial charge on any atom is 0.417 e. The predicted molar refractivity (Wildman–Crippen MR) is 106 cm³/mol. The molecular weight excluding hydrogens is 460 g/mol. The van der Waals surface area contributed by atoms with Gasteiger partial charge in [0.25, 0.3) is 5.89 Å². The van der Waals surface area contributed by atoms with E-state index < -0.39 is 11.7 Å². The van der Waals surface area contributed by atoms with Crippen LogP contribution in [0.5, 0.6) is 0 Å². The van der Waals surface area contributed by atoms with Gasteiger partial charge in [0, 0.05) is 24.4 Å². The number of nitrogens with zero attached hydrogens (tertiary/aromatic N) is 5. The van der Waals surface area contributed by atoms with Crippen molar-refractivity contribution in [2.24, 2.45) is 10.9 Å². The molecule has 160 valence electrons. The molecule has 0 aliphatic rings. The highest BCUT2D eigenvalue weighted by Crippen LogP contribution is 2.33. The van der Waals surface area contributed by atoms with Crippen LogP contribution in [0.2, 0.25) is 10.0 Å². The van der Waals surface area contributed by atoms with Crippen molar-refractivity contribution in [3.8, 4) is 23.0 Å². The number of imidazole rings is 1. The van der Waals surface area contributed by atoms with E-state index in [1.807, 2.05) is 0 Å². The lowest BCUT2D eigenvalue weighted by Crippen LogP contribution is -2.14. The number of pyridine rings is 1. The maximum absolute atomic E-state index is 13.0. The zero-order chi connectivity index (χ0) is 22.3. The zero-order valence-corrected chi connectivity index (χ0v) is 16.7. The molecule has 0 fully saturated rings. The Morgan fingerprint density at radius 2 is 1.94 bits per heavy atom. The molecule has 0 saturated heterocycles. The van der Waals surface area contributed by atoms with Gasteiger partial charge in [0.15, 0.2) is 5.65 Å². The Bertz CT molecular complexity index is 1320. The summed E-state index contributed by atoms with van der Waals surface area (Å²) in [6.07, 6.45) is -2.20. The molecule has 0 aliphatic carbocycles. The van der Waals surface area contributed by atoms with Crippen molar-refractivity contribution in [2.45, 2.75) is 12.6 Å². The lowest BCUT2D eigenvalue weighted by atomic mass is 10.1. The van der Waals surface area contributed by atoms with E-state index in [0.29, 0.717) is 16.1 Å². The number of hydrogen-bond acceptors (Lipinski definition) is 6. The number of nitrogens with two attached hydrogens (primary N) is 1. The molecule has 0 spiro atoms. The van der Waals surface area contributed by atoms with Crippen LogP contribution < -0.4 is 5.73 Å². The van der Waals surface area contributed by atoms with Crippen LogP contribution >= 0.6 is 23.2 Å². The van der Waals surface area contributed by atoms with Crippen molar-refractivity contribution in [3.05, 3.63) is 57.8 Å². The predicted octanol–water partition coefficient (Wildman–Crippen LogP) is 4.67. The molecule has 1 aromatic carbocycles. The van der Waals surface area contributed by atoms with Crippen LogP contribution in [0.15, 0.2) is 46.3 Å². The molecular formula is C18H11Cl2F3N6O2. The number of fused-ring (bicyclic) bond motifs is 1. The molecule has 3 N–H and O–H groups in total. The van der Waals surface area contributed by atoms with Gasteiger partial charge >= 0.3 is 6.18 Å². The van der Waals surface area contributed by atoms with E-state index in [4.69, 9.17) is 38.7 Å². The lowest BCUT2D eigenvalue weighted by molar-refractivity contribution is -0.137. The Morgan fingerprint density at radius 3 is 2.61 bits per heavy atom. The quantitative estimate of drug-likeness (QED) is 0.194. The van der Waals surface area contributed by atoms with Crippen LogP contribution in [0, 0.1) is 0 Å². The summed E-state index contributed by atoms with van der Waals surface area (Å²) in [5.41, 5.74) is 5.95. The summed E-state index contributed by atoms with van der Waals surface area (Å²) in [4.78, 5) is 8.40. The van der Waals surface area contributed by atoms with Crippen molar-refractivity contribution in [1.82, 2.24) is 19.5 Å². The van der Waals surface area contributed by atoms with Crippen LogP contribution in [-0.4, -0.2) is 30.6 Å². The Kier molecular flexibility index (Phi) is 5.23. The first-order chi connectivity index (χ1) is 14.7. The highest BCUT2D eigenvalue weighted by atomic mass is 35.5. The van der Waals surface area contributed by atoms with E-state index in [-0.39, 0.29) is 40.3 Å². The normalized spacial score (nSPS) is 12.6. The number of benzene rings is 1. The van der Waals surface area contributed by atoms with Crippen molar-refractivity contribution in [2.75, 3.05) is 0 Å². The summed E-state index contributed by atoms with van der Waals surface area (Å²) >= 11 is 12.2. The minimum atomic E-state index is -4.56. The van der Waals surface area contributed by atoms with E-state index in [0.717, 1.165) is 16.7 Å².